The van der Waals surface area contributed by atoms with Gasteiger partial charge in [0, 0.05) is 0 Å². The molecule has 3 heteroatoms. The van der Waals surface area contributed by atoms with Crippen LogP contribution in [-0.2, 0) is 7.87 Å². The molecular formula is C17H36O2Sn. The summed E-state index contributed by atoms with van der Waals surface area (Å²) in [5.41, 5.74) is 0. The van der Waals surface area contributed by atoms with Crippen LogP contribution in [0.4, 0.5) is 0 Å². The van der Waals surface area contributed by atoms with Crippen molar-refractivity contribution in [1.29, 1.82) is 0 Å². The van der Waals surface area contributed by atoms with Crippen LogP contribution in [0.2, 0.25) is 13.3 Å². The van der Waals surface area contributed by atoms with Gasteiger partial charge in [0.05, 0.1) is 0 Å². The molecule has 0 fully saturated rings. The summed E-state index contributed by atoms with van der Waals surface area (Å²) in [4.78, 5) is 11.9. The van der Waals surface area contributed by atoms with E-state index in [-0.39, 0.29) is 5.97 Å². The predicted molar refractivity (Wildman–Crippen MR) is 90.5 cm³/mol. The van der Waals surface area contributed by atoms with Crippen molar-refractivity contribution in [3.63, 3.8) is 0 Å². The van der Waals surface area contributed by atoms with Crippen LogP contribution in [0.1, 0.15) is 85.5 Å². The molecule has 0 rings (SSSR count). The summed E-state index contributed by atoms with van der Waals surface area (Å²) < 4.78 is 9.58. The predicted octanol–water partition coefficient (Wildman–Crippen LogP) is 6.07. The van der Waals surface area contributed by atoms with Crippen molar-refractivity contribution in [3.8, 4) is 0 Å². The van der Waals surface area contributed by atoms with Crippen LogP contribution in [0, 0.1) is 0 Å². The third kappa shape index (κ3) is 9.25. The van der Waals surface area contributed by atoms with Gasteiger partial charge in [-0.1, -0.05) is 0 Å². The average Bonchev–Trinajstić information content (AvgIpc) is 2.47. The Morgan fingerprint density at radius 2 is 1.35 bits per heavy atom. The number of carbonyl (C=O) groups excluding carboxylic acids is 1. The van der Waals surface area contributed by atoms with Gasteiger partial charge in [-0.25, -0.2) is 0 Å². The van der Waals surface area contributed by atoms with E-state index in [0.29, 0.717) is 6.42 Å². The van der Waals surface area contributed by atoms with Gasteiger partial charge in [0.25, 0.3) is 0 Å². The molecule has 0 bridgehead atoms. The van der Waals surface area contributed by atoms with Crippen LogP contribution < -0.4 is 0 Å². The van der Waals surface area contributed by atoms with E-state index in [2.05, 4.69) is 27.7 Å². The molecule has 0 aromatic carbocycles. The number of carbonyl (C=O) groups is 1. The summed E-state index contributed by atoms with van der Waals surface area (Å²) in [6.07, 6.45) is 10.7. The molecule has 0 unspecified atom stereocenters. The summed E-state index contributed by atoms with van der Waals surface area (Å²) in [5, 5.41) is 0. The molecule has 0 aromatic heterocycles. The molecular weight excluding hydrogens is 355 g/mol. The second-order valence-electron chi connectivity index (χ2n) is 5.99. The molecule has 0 radical (unpaired) electrons. The fourth-order valence-corrected chi connectivity index (χ4v) is 11.4. The maximum atomic E-state index is 11.9. The normalized spacial score (nSPS) is 11.6. The summed E-state index contributed by atoms with van der Waals surface area (Å²) in [7, 11) is 0. The average molecular weight is 391 g/mol. The third-order valence-electron chi connectivity index (χ3n) is 4.34. The van der Waals surface area contributed by atoms with Crippen molar-refractivity contribution in [2.45, 2.75) is 98.8 Å². The zero-order valence-electron chi connectivity index (χ0n) is 14.3. The van der Waals surface area contributed by atoms with Crippen molar-refractivity contribution in [3.05, 3.63) is 0 Å². The van der Waals surface area contributed by atoms with Gasteiger partial charge in [-0.05, 0) is 0 Å². The standard InChI is InChI=1S/C8H17.C5H10O2.2C2H5.Sn/c1-3-5-7-8-6-4-2;1-2-3-4-5(6)7;2*1-2;/h1,3-8H2,2H3;2-4H2,1H3,(H,6,7);2*1H2,2H3;/q;;;;+1/p-1. The van der Waals surface area contributed by atoms with Crippen LogP contribution >= 0.6 is 0 Å². The van der Waals surface area contributed by atoms with E-state index in [0.717, 1.165) is 21.7 Å². The first kappa shape index (κ1) is 20.3. The number of hydrogen-bond donors (Lipinski definition) is 0. The molecule has 0 saturated heterocycles. The van der Waals surface area contributed by atoms with Gasteiger partial charge in [-0.3, -0.25) is 0 Å². The van der Waals surface area contributed by atoms with E-state index in [1.54, 1.807) is 0 Å². The Morgan fingerprint density at radius 3 is 1.90 bits per heavy atom. The number of unbranched alkanes of at least 4 members (excludes halogenated alkanes) is 6. The Balaban J connectivity index is 4.07. The van der Waals surface area contributed by atoms with Crippen LogP contribution in [0.15, 0.2) is 0 Å². The van der Waals surface area contributed by atoms with Crippen molar-refractivity contribution < 1.29 is 7.87 Å². The third-order valence-corrected chi connectivity index (χ3v) is 17.2. The minimum atomic E-state index is -2.58. The molecule has 0 heterocycles. The topological polar surface area (TPSA) is 26.3 Å². The Bertz CT molecular complexity index is 237. The summed E-state index contributed by atoms with van der Waals surface area (Å²) in [5.74, 6) is 0.0948. The second-order valence-corrected chi connectivity index (χ2v) is 18.8. The quantitative estimate of drug-likeness (QED) is 0.282. The van der Waals surface area contributed by atoms with E-state index in [4.69, 9.17) is 3.07 Å². The van der Waals surface area contributed by atoms with Crippen molar-refractivity contribution in [2.75, 3.05) is 0 Å². The molecule has 2 nitrogen and oxygen atoms in total. The number of rotatable bonds is 13. The molecule has 0 spiro atoms. The van der Waals surface area contributed by atoms with Gasteiger partial charge in [0.1, 0.15) is 0 Å². The first-order valence-corrected chi connectivity index (χ1v) is 16.1. The van der Waals surface area contributed by atoms with Crippen molar-refractivity contribution in [2.24, 2.45) is 0 Å². The van der Waals surface area contributed by atoms with E-state index in [1.807, 2.05) is 0 Å². The van der Waals surface area contributed by atoms with Crippen molar-refractivity contribution >= 4 is 24.8 Å². The van der Waals surface area contributed by atoms with Crippen LogP contribution in [0.3, 0.4) is 0 Å². The SMILES string of the molecule is CCCCCCC[CH2][Sn]([CH2]C)([CH2]C)[O]C(=O)CCCC. The van der Waals surface area contributed by atoms with Gasteiger partial charge in [0.15, 0.2) is 0 Å². The number of hydrogen-bond acceptors (Lipinski definition) is 2. The van der Waals surface area contributed by atoms with E-state index >= 15 is 0 Å². The molecule has 0 aliphatic carbocycles. The van der Waals surface area contributed by atoms with Crippen LogP contribution in [0.5, 0.6) is 0 Å². The van der Waals surface area contributed by atoms with Crippen LogP contribution in [-0.4, -0.2) is 24.8 Å². The molecule has 0 aliphatic heterocycles. The second kappa shape index (κ2) is 13.0. The van der Waals surface area contributed by atoms with Gasteiger partial charge in [-0.2, -0.15) is 0 Å². The van der Waals surface area contributed by atoms with Crippen molar-refractivity contribution in [1.82, 2.24) is 0 Å². The molecule has 120 valence electrons. The molecule has 0 atom stereocenters. The Kier molecular flexibility index (Phi) is 13.1. The van der Waals surface area contributed by atoms with E-state index < -0.39 is 18.8 Å². The maximum absolute atomic E-state index is 11.9. The van der Waals surface area contributed by atoms with Gasteiger partial charge in [0.2, 0.25) is 0 Å². The summed E-state index contributed by atoms with van der Waals surface area (Å²) in [6, 6.07) is 0. The van der Waals surface area contributed by atoms with Gasteiger partial charge in [-0.15, -0.1) is 0 Å². The van der Waals surface area contributed by atoms with Crippen LogP contribution in [0.25, 0.3) is 0 Å². The first-order chi connectivity index (χ1) is 9.64. The molecule has 0 N–H and O–H groups in total. The molecule has 20 heavy (non-hydrogen) atoms. The first-order valence-electron chi connectivity index (χ1n) is 8.86. The summed E-state index contributed by atoms with van der Waals surface area (Å²) >= 11 is -2.58. The molecule has 0 saturated carbocycles. The fourth-order valence-electron chi connectivity index (χ4n) is 2.64. The summed E-state index contributed by atoms with van der Waals surface area (Å²) in [6.45, 7) is 8.86. The Labute approximate surface area is 131 Å². The monoisotopic (exact) mass is 392 g/mol. The zero-order chi connectivity index (χ0) is 15.3. The minimum absolute atomic E-state index is 0.0948. The Morgan fingerprint density at radius 1 is 0.800 bits per heavy atom. The zero-order valence-corrected chi connectivity index (χ0v) is 17.2. The Hall–Kier alpha value is 0.269. The fraction of sp³-hybridized carbons (Fsp3) is 0.941. The molecule has 0 aromatic rings. The van der Waals surface area contributed by atoms with E-state index in [1.165, 1.54) is 43.0 Å². The van der Waals surface area contributed by atoms with Gasteiger partial charge >= 0.3 is 131 Å². The van der Waals surface area contributed by atoms with Gasteiger partial charge < -0.3 is 0 Å². The molecule has 0 aliphatic rings. The van der Waals surface area contributed by atoms with E-state index in [9.17, 15) is 4.79 Å². The molecule has 0 amide bonds.